The predicted octanol–water partition coefficient (Wildman–Crippen LogP) is 2.30. The molecule has 1 aliphatic rings. The molecule has 8 heteroatoms. The Balaban J connectivity index is 1.42. The van der Waals surface area contributed by atoms with E-state index in [4.69, 9.17) is 0 Å². The van der Waals surface area contributed by atoms with Crippen LogP contribution >= 0.6 is 0 Å². The first-order valence-corrected chi connectivity index (χ1v) is 9.82. The quantitative estimate of drug-likeness (QED) is 0.725. The topological polar surface area (TPSA) is 101 Å². The van der Waals surface area contributed by atoms with Crippen LogP contribution in [0.15, 0.2) is 70.7 Å². The normalized spacial score (nSPS) is 16.1. The largest absolute Gasteiger partial charge is 0.326 e. The zero-order chi connectivity index (χ0) is 18.9. The summed E-state index contributed by atoms with van der Waals surface area (Å²) in [6, 6.07) is 15.9. The third-order valence-corrected chi connectivity index (χ3v) is 5.56. The number of nitrogens with zero attached hydrogens (tertiary/aromatic N) is 2. The highest BCUT2D eigenvalue weighted by Gasteiger charge is 2.29. The van der Waals surface area contributed by atoms with E-state index < -0.39 is 10.0 Å². The van der Waals surface area contributed by atoms with Crippen LogP contribution in [0.4, 0.5) is 5.69 Å². The van der Waals surface area contributed by atoms with Gasteiger partial charge in [0.15, 0.2) is 0 Å². The van der Waals surface area contributed by atoms with E-state index in [-0.39, 0.29) is 29.6 Å². The fourth-order valence-electron chi connectivity index (χ4n) is 2.90. The van der Waals surface area contributed by atoms with Crippen molar-refractivity contribution in [1.29, 1.82) is 0 Å². The molecule has 2 aromatic carbocycles. The monoisotopic (exact) mass is 380 g/mol. The van der Waals surface area contributed by atoms with Crippen LogP contribution in [-0.4, -0.2) is 31.7 Å². The minimum atomic E-state index is -3.56. The Hall–Kier alpha value is -3.26. The maximum atomic E-state index is 12.2. The standard InChI is InChI=1S/C19H16N4O3S/c24-18(22-14-7-8-16-13(12-14)4-3-10-20-16)9-11-21-19-15-5-1-2-6-17(15)27(25,26)23-19/h1-8,10,12H,9,11H2,(H,21,23)(H,22,24). The second-order valence-corrected chi connectivity index (χ2v) is 7.69. The van der Waals surface area contributed by atoms with Crippen molar-refractivity contribution < 1.29 is 13.2 Å². The van der Waals surface area contributed by atoms with E-state index >= 15 is 0 Å². The van der Waals surface area contributed by atoms with Gasteiger partial charge in [-0.2, -0.15) is 0 Å². The minimum absolute atomic E-state index is 0.137. The van der Waals surface area contributed by atoms with Crippen LogP contribution < -0.4 is 10.0 Å². The molecule has 0 spiro atoms. The third-order valence-electron chi connectivity index (χ3n) is 4.16. The summed E-state index contributed by atoms with van der Waals surface area (Å²) < 4.78 is 26.5. The average Bonchev–Trinajstić information content (AvgIpc) is 2.92. The molecule has 1 aliphatic heterocycles. The molecular formula is C19H16N4O3S. The number of hydrogen-bond donors (Lipinski definition) is 2. The number of nitrogens with one attached hydrogen (secondary N) is 2. The van der Waals surface area contributed by atoms with Gasteiger partial charge in [-0.25, -0.2) is 8.42 Å². The Kier molecular flexibility index (Phi) is 4.33. The molecule has 2 N–H and O–H groups in total. The van der Waals surface area contributed by atoms with E-state index in [2.05, 4.69) is 20.0 Å². The number of aliphatic imine (C=N–C) groups is 1. The van der Waals surface area contributed by atoms with Gasteiger partial charge in [0.1, 0.15) is 5.84 Å². The van der Waals surface area contributed by atoms with Crippen molar-refractivity contribution in [2.75, 3.05) is 11.9 Å². The highest BCUT2D eigenvalue weighted by Crippen LogP contribution is 2.22. The molecule has 4 rings (SSSR count). The molecule has 0 saturated heterocycles. The first-order chi connectivity index (χ1) is 13.0. The van der Waals surface area contributed by atoms with Gasteiger partial charge in [-0.3, -0.25) is 19.5 Å². The fraction of sp³-hybridized carbons (Fsp3) is 0.105. The van der Waals surface area contributed by atoms with E-state index in [0.717, 1.165) is 10.9 Å². The van der Waals surface area contributed by atoms with Crippen molar-refractivity contribution in [2.45, 2.75) is 11.3 Å². The van der Waals surface area contributed by atoms with E-state index in [1.54, 1.807) is 30.5 Å². The summed E-state index contributed by atoms with van der Waals surface area (Å²) in [6.07, 6.45) is 1.85. The number of pyridine rings is 1. The maximum absolute atomic E-state index is 12.2. The number of amidine groups is 1. The highest BCUT2D eigenvalue weighted by atomic mass is 32.2. The van der Waals surface area contributed by atoms with Crippen LogP contribution in [0.1, 0.15) is 12.0 Å². The van der Waals surface area contributed by atoms with E-state index in [0.29, 0.717) is 11.3 Å². The molecule has 1 amide bonds. The SMILES string of the molecule is O=C(CCN=C1NS(=O)(=O)c2ccccc21)Nc1ccc2ncccc2c1. The molecular weight excluding hydrogens is 364 g/mol. The molecule has 136 valence electrons. The number of anilines is 1. The Morgan fingerprint density at radius 2 is 1.96 bits per heavy atom. The lowest BCUT2D eigenvalue weighted by atomic mass is 10.2. The number of amides is 1. The van der Waals surface area contributed by atoms with E-state index in [9.17, 15) is 13.2 Å². The number of rotatable bonds is 4. The molecule has 0 bridgehead atoms. The Labute approximate surface area is 156 Å². The van der Waals surface area contributed by atoms with Crippen molar-refractivity contribution >= 4 is 38.4 Å². The van der Waals surface area contributed by atoms with E-state index in [1.807, 2.05) is 24.3 Å². The van der Waals surface area contributed by atoms with Gasteiger partial charge >= 0.3 is 0 Å². The zero-order valence-corrected chi connectivity index (χ0v) is 15.0. The van der Waals surface area contributed by atoms with Crippen molar-refractivity contribution in [3.8, 4) is 0 Å². The van der Waals surface area contributed by atoms with Gasteiger partial charge in [0.2, 0.25) is 5.91 Å². The molecule has 0 unspecified atom stereocenters. The number of benzene rings is 2. The molecule has 0 radical (unpaired) electrons. The summed E-state index contributed by atoms with van der Waals surface area (Å²) in [5, 5.41) is 3.76. The fourth-order valence-corrected chi connectivity index (χ4v) is 4.15. The van der Waals surface area contributed by atoms with Gasteiger partial charge in [0, 0.05) is 29.3 Å². The first kappa shape index (κ1) is 17.2. The van der Waals surface area contributed by atoms with Gasteiger partial charge in [-0.05, 0) is 36.4 Å². The molecule has 0 saturated carbocycles. The van der Waals surface area contributed by atoms with Crippen LogP contribution in [0.2, 0.25) is 0 Å². The van der Waals surface area contributed by atoms with Crippen LogP contribution in [-0.2, 0) is 14.8 Å². The summed E-state index contributed by atoms with van der Waals surface area (Å²) in [4.78, 5) is 20.9. The molecule has 0 atom stereocenters. The van der Waals surface area contributed by atoms with Gasteiger partial charge in [0.25, 0.3) is 10.0 Å². The molecule has 1 aromatic heterocycles. The number of fused-ring (bicyclic) bond motifs is 2. The van der Waals surface area contributed by atoms with Crippen molar-refractivity contribution in [3.63, 3.8) is 0 Å². The Morgan fingerprint density at radius 1 is 1.11 bits per heavy atom. The molecule has 7 nitrogen and oxygen atoms in total. The number of carbonyl (C=O) groups excluding carboxylic acids is 1. The van der Waals surface area contributed by atoms with Crippen molar-refractivity contribution in [1.82, 2.24) is 9.71 Å². The summed E-state index contributed by atoms with van der Waals surface area (Å²) in [5.74, 6) is 0.0758. The summed E-state index contributed by atoms with van der Waals surface area (Å²) in [5.41, 5.74) is 2.06. The average molecular weight is 380 g/mol. The smallest absolute Gasteiger partial charge is 0.263 e. The van der Waals surface area contributed by atoms with Crippen LogP contribution in [0.25, 0.3) is 10.9 Å². The minimum Gasteiger partial charge on any atom is -0.326 e. The zero-order valence-electron chi connectivity index (χ0n) is 14.2. The first-order valence-electron chi connectivity index (χ1n) is 8.34. The molecule has 2 heterocycles. The Morgan fingerprint density at radius 3 is 2.85 bits per heavy atom. The second kappa shape index (κ2) is 6.81. The predicted molar refractivity (Wildman–Crippen MR) is 103 cm³/mol. The lowest BCUT2D eigenvalue weighted by Gasteiger charge is -2.06. The lowest BCUT2D eigenvalue weighted by molar-refractivity contribution is -0.116. The van der Waals surface area contributed by atoms with Crippen molar-refractivity contribution in [3.05, 3.63) is 66.4 Å². The second-order valence-electron chi connectivity index (χ2n) is 6.04. The number of sulfonamides is 1. The molecule has 0 fully saturated rings. The number of hydrogen-bond acceptors (Lipinski definition) is 5. The summed E-state index contributed by atoms with van der Waals surface area (Å²) >= 11 is 0. The van der Waals surface area contributed by atoms with Gasteiger partial charge in [-0.1, -0.05) is 18.2 Å². The maximum Gasteiger partial charge on any atom is 0.263 e. The third kappa shape index (κ3) is 3.52. The summed E-state index contributed by atoms with van der Waals surface area (Å²) in [6.45, 7) is 0.174. The van der Waals surface area contributed by atoms with Gasteiger partial charge in [-0.15, -0.1) is 0 Å². The van der Waals surface area contributed by atoms with Gasteiger partial charge < -0.3 is 5.32 Å². The van der Waals surface area contributed by atoms with Crippen LogP contribution in [0.3, 0.4) is 0 Å². The Bertz CT molecular complexity index is 1170. The molecule has 27 heavy (non-hydrogen) atoms. The summed E-state index contributed by atoms with van der Waals surface area (Å²) in [7, 11) is -3.56. The van der Waals surface area contributed by atoms with Crippen LogP contribution in [0.5, 0.6) is 0 Å². The van der Waals surface area contributed by atoms with Gasteiger partial charge in [0.05, 0.1) is 17.0 Å². The van der Waals surface area contributed by atoms with Crippen LogP contribution in [0, 0.1) is 0 Å². The molecule has 3 aromatic rings. The molecule has 0 aliphatic carbocycles. The lowest BCUT2D eigenvalue weighted by Crippen LogP contribution is -2.23. The van der Waals surface area contributed by atoms with E-state index in [1.165, 1.54) is 6.07 Å². The number of aromatic nitrogens is 1. The highest BCUT2D eigenvalue weighted by molar-refractivity contribution is 7.90. The van der Waals surface area contributed by atoms with Crippen molar-refractivity contribution in [2.24, 2.45) is 4.99 Å². The number of carbonyl (C=O) groups is 1.